The molecule has 1 aromatic carbocycles. The number of nitrogen functional groups attached to an aromatic ring is 1. The Morgan fingerprint density at radius 3 is 2.79 bits per heavy atom. The minimum absolute atomic E-state index is 0.0482. The summed E-state index contributed by atoms with van der Waals surface area (Å²) < 4.78 is 25.8. The molecule has 3 aromatic rings. The first kappa shape index (κ1) is 19.3. The van der Waals surface area contributed by atoms with Crippen LogP contribution in [0.25, 0.3) is 11.2 Å². The zero-order chi connectivity index (χ0) is 20.1. The van der Waals surface area contributed by atoms with Gasteiger partial charge in [-0.3, -0.25) is 0 Å². The molecule has 0 aliphatic rings. The van der Waals surface area contributed by atoms with E-state index in [9.17, 15) is 9.18 Å². The number of anilines is 1. The van der Waals surface area contributed by atoms with Crippen LogP contribution in [0, 0.1) is 18.4 Å². The SMILES string of the molecule is C#CC(CCn1cnc2c(N)nc(F)nc21)(COC(=O)c1ccccc1)OC. The third-order valence-corrected chi connectivity index (χ3v) is 4.32. The van der Waals surface area contributed by atoms with E-state index in [1.807, 2.05) is 0 Å². The summed E-state index contributed by atoms with van der Waals surface area (Å²) in [4.78, 5) is 23.4. The highest BCUT2D eigenvalue weighted by Crippen LogP contribution is 2.21. The van der Waals surface area contributed by atoms with E-state index >= 15 is 0 Å². The lowest BCUT2D eigenvalue weighted by Gasteiger charge is -2.26. The standard InChI is InChI=1S/C19H18FN5O3/c1-3-19(27-2,11-28-17(26)13-7-5-4-6-8-13)9-10-25-12-22-14-15(21)23-18(20)24-16(14)25/h1,4-8,12H,9-11H2,2H3,(H2,21,23,24). The summed E-state index contributed by atoms with van der Waals surface area (Å²) in [7, 11) is 1.43. The number of terminal acetylenes is 1. The molecule has 2 aromatic heterocycles. The molecule has 0 saturated heterocycles. The van der Waals surface area contributed by atoms with E-state index in [0.29, 0.717) is 11.1 Å². The molecule has 144 valence electrons. The molecular formula is C19H18FN5O3. The summed E-state index contributed by atoms with van der Waals surface area (Å²) in [5, 5.41) is 0. The van der Waals surface area contributed by atoms with Crippen LogP contribution in [0.1, 0.15) is 16.8 Å². The van der Waals surface area contributed by atoms with Gasteiger partial charge >= 0.3 is 12.0 Å². The van der Waals surface area contributed by atoms with Gasteiger partial charge in [0.2, 0.25) is 0 Å². The van der Waals surface area contributed by atoms with Gasteiger partial charge in [-0.2, -0.15) is 14.4 Å². The van der Waals surface area contributed by atoms with Crippen molar-refractivity contribution in [1.82, 2.24) is 19.5 Å². The second kappa shape index (κ2) is 8.02. The number of benzene rings is 1. The molecule has 0 radical (unpaired) electrons. The average molecular weight is 383 g/mol. The van der Waals surface area contributed by atoms with Crippen molar-refractivity contribution in [3.63, 3.8) is 0 Å². The molecule has 3 rings (SSSR count). The second-order valence-corrected chi connectivity index (χ2v) is 6.02. The predicted octanol–water partition coefficient (Wildman–Crippen LogP) is 1.81. The number of aryl methyl sites for hydroxylation is 1. The Labute approximate surface area is 160 Å². The Morgan fingerprint density at radius 1 is 1.36 bits per heavy atom. The van der Waals surface area contributed by atoms with Crippen molar-refractivity contribution >= 4 is 23.0 Å². The molecular weight excluding hydrogens is 365 g/mol. The lowest BCUT2D eigenvalue weighted by atomic mass is 10.0. The lowest BCUT2D eigenvalue weighted by Crippen LogP contribution is -2.37. The minimum atomic E-state index is -1.17. The number of ether oxygens (including phenoxy) is 2. The molecule has 1 unspecified atom stereocenters. The molecule has 0 aliphatic heterocycles. The molecule has 8 nitrogen and oxygen atoms in total. The average Bonchev–Trinajstić information content (AvgIpc) is 3.12. The number of nitrogens with two attached hydrogens (primary N) is 1. The highest BCUT2D eigenvalue weighted by atomic mass is 19.1. The fraction of sp³-hybridized carbons (Fsp3) is 0.263. The normalized spacial score (nSPS) is 13.0. The number of aromatic nitrogens is 4. The quantitative estimate of drug-likeness (QED) is 0.377. The highest BCUT2D eigenvalue weighted by Gasteiger charge is 2.30. The molecule has 0 saturated carbocycles. The number of imidazole rings is 1. The first-order valence-electron chi connectivity index (χ1n) is 8.37. The second-order valence-electron chi connectivity index (χ2n) is 6.02. The van der Waals surface area contributed by atoms with Crippen molar-refractivity contribution in [3.05, 3.63) is 48.3 Å². The summed E-state index contributed by atoms with van der Waals surface area (Å²) in [6.45, 7) is 0.138. The van der Waals surface area contributed by atoms with E-state index in [1.54, 1.807) is 34.9 Å². The molecule has 0 bridgehead atoms. The first-order chi connectivity index (χ1) is 13.5. The third kappa shape index (κ3) is 3.92. The van der Waals surface area contributed by atoms with Crippen molar-refractivity contribution in [2.24, 2.45) is 0 Å². The zero-order valence-corrected chi connectivity index (χ0v) is 15.1. The highest BCUT2D eigenvalue weighted by molar-refractivity contribution is 5.89. The molecule has 2 heterocycles. The summed E-state index contributed by atoms with van der Waals surface area (Å²) in [6.07, 6.45) is 6.42. The molecule has 0 spiro atoms. The number of hydrogen-bond acceptors (Lipinski definition) is 7. The van der Waals surface area contributed by atoms with Gasteiger partial charge in [-0.15, -0.1) is 6.42 Å². The van der Waals surface area contributed by atoms with Crippen molar-refractivity contribution in [2.45, 2.75) is 18.6 Å². The predicted molar refractivity (Wildman–Crippen MR) is 99.6 cm³/mol. The van der Waals surface area contributed by atoms with E-state index in [2.05, 4.69) is 20.9 Å². The Bertz CT molecular complexity index is 1030. The number of carbonyl (C=O) groups excluding carboxylic acids is 1. The fourth-order valence-electron chi connectivity index (χ4n) is 2.65. The van der Waals surface area contributed by atoms with Crippen molar-refractivity contribution in [3.8, 4) is 12.3 Å². The van der Waals surface area contributed by atoms with Gasteiger partial charge in [-0.1, -0.05) is 24.1 Å². The molecule has 2 N–H and O–H groups in total. The van der Waals surface area contributed by atoms with E-state index < -0.39 is 17.6 Å². The Morgan fingerprint density at radius 2 is 2.11 bits per heavy atom. The first-order valence-corrected chi connectivity index (χ1v) is 8.37. The maximum absolute atomic E-state index is 13.5. The summed E-state index contributed by atoms with van der Waals surface area (Å²) >= 11 is 0. The molecule has 0 aliphatic carbocycles. The van der Waals surface area contributed by atoms with Gasteiger partial charge in [0.15, 0.2) is 17.1 Å². The van der Waals surface area contributed by atoms with Crippen LogP contribution in [0.2, 0.25) is 0 Å². The van der Waals surface area contributed by atoms with Gasteiger partial charge < -0.3 is 19.8 Å². The maximum Gasteiger partial charge on any atom is 0.338 e. The number of nitrogens with zero attached hydrogens (tertiary/aromatic N) is 4. The van der Waals surface area contributed by atoms with Crippen LogP contribution in [0.4, 0.5) is 10.2 Å². The van der Waals surface area contributed by atoms with Gasteiger partial charge in [0.05, 0.1) is 11.9 Å². The number of halogens is 1. The van der Waals surface area contributed by atoms with Gasteiger partial charge in [0.1, 0.15) is 12.1 Å². The summed E-state index contributed by atoms with van der Waals surface area (Å²) in [6, 6.07) is 8.55. The molecule has 28 heavy (non-hydrogen) atoms. The number of methoxy groups -OCH3 is 1. The van der Waals surface area contributed by atoms with E-state index in [-0.39, 0.29) is 31.0 Å². The van der Waals surface area contributed by atoms with E-state index in [4.69, 9.17) is 21.6 Å². The Balaban J connectivity index is 1.72. The molecule has 9 heteroatoms. The number of esters is 1. The fourth-order valence-corrected chi connectivity index (χ4v) is 2.65. The number of carbonyl (C=O) groups is 1. The van der Waals surface area contributed by atoms with Crippen LogP contribution in [0.15, 0.2) is 36.7 Å². The van der Waals surface area contributed by atoms with Crippen LogP contribution < -0.4 is 5.73 Å². The third-order valence-electron chi connectivity index (χ3n) is 4.32. The monoisotopic (exact) mass is 383 g/mol. The zero-order valence-electron chi connectivity index (χ0n) is 15.1. The lowest BCUT2D eigenvalue weighted by molar-refractivity contribution is -0.0306. The van der Waals surface area contributed by atoms with Gasteiger partial charge in [0.25, 0.3) is 0 Å². The van der Waals surface area contributed by atoms with Crippen molar-refractivity contribution in [1.29, 1.82) is 0 Å². The minimum Gasteiger partial charge on any atom is -0.458 e. The largest absolute Gasteiger partial charge is 0.458 e. The van der Waals surface area contributed by atoms with Crippen LogP contribution in [-0.2, 0) is 16.0 Å². The van der Waals surface area contributed by atoms with Crippen LogP contribution in [0.5, 0.6) is 0 Å². The van der Waals surface area contributed by atoms with Gasteiger partial charge in [0, 0.05) is 20.1 Å². The van der Waals surface area contributed by atoms with Crippen LogP contribution in [-0.4, -0.2) is 44.8 Å². The van der Waals surface area contributed by atoms with E-state index in [1.165, 1.54) is 13.4 Å². The smallest absolute Gasteiger partial charge is 0.338 e. The van der Waals surface area contributed by atoms with Crippen molar-refractivity contribution in [2.75, 3.05) is 19.5 Å². The van der Waals surface area contributed by atoms with Gasteiger partial charge in [-0.25, -0.2) is 9.78 Å². The van der Waals surface area contributed by atoms with Gasteiger partial charge in [-0.05, 0) is 12.1 Å². The number of rotatable bonds is 7. The molecule has 1 atom stereocenters. The Hall–Kier alpha value is -3.51. The Kier molecular flexibility index (Phi) is 5.52. The number of hydrogen-bond donors (Lipinski definition) is 1. The van der Waals surface area contributed by atoms with Crippen molar-refractivity contribution < 1.29 is 18.7 Å². The van der Waals surface area contributed by atoms with Crippen LogP contribution in [0.3, 0.4) is 0 Å². The summed E-state index contributed by atoms with van der Waals surface area (Å²) in [5.41, 5.74) is 5.44. The maximum atomic E-state index is 13.5. The molecule has 0 amide bonds. The topological polar surface area (TPSA) is 105 Å². The van der Waals surface area contributed by atoms with E-state index in [0.717, 1.165) is 0 Å². The van der Waals surface area contributed by atoms with Crippen LogP contribution >= 0.6 is 0 Å². The number of fused-ring (bicyclic) bond motifs is 1. The summed E-state index contributed by atoms with van der Waals surface area (Å²) in [5.74, 6) is 1.99. The molecule has 0 fully saturated rings.